The number of nitrogens with two attached hydrogens (primary N) is 1. The van der Waals surface area contributed by atoms with Crippen LogP contribution in [0.5, 0.6) is 0 Å². The lowest BCUT2D eigenvalue weighted by atomic mass is 9.53. The zero-order valence-electron chi connectivity index (χ0n) is 18.3. The van der Waals surface area contributed by atoms with Crippen molar-refractivity contribution in [3.8, 4) is 0 Å². The average Bonchev–Trinajstić information content (AvgIpc) is 3.20. The Morgan fingerprint density at radius 1 is 1.18 bits per heavy atom. The van der Waals surface area contributed by atoms with E-state index in [1.54, 1.807) is 18.2 Å². The van der Waals surface area contributed by atoms with E-state index in [2.05, 4.69) is 29.5 Å². The molecule has 1 aromatic carbocycles. The third kappa shape index (κ3) is 3.05. The number of nitrogens with one attached hydrogen (secondary N) is 2. The van der Waals surface area contributed by atoms with Crippen LogP contribution in [0.1, 0.15) is 56.6 Å². The number of fused-ring (bicyclic) bond motifs is 3. The van der Waals surface area contributed by atoms with E-state index in [1.165, 1.54) is 12.3 Å². The fourth-order valence-corrected chi connectivity index (χ4v) is 6.68. The van der Waals surface area contributed by atoms with E-state index in [4.69, 9.17) is 28.9 Å². The Kier molecular flexibility index (Phi) is 5.05. The SMILES string of the molecule is CC1(C)CCC2(CC1)N[C@@H](C(N)=O)[C@H](c1ccnc(Cl)c1F)[C@]21C(=O)Nc2cc(Cl)ccc21. The number of nitrogens with zero attached hydrogens (tertiary/aromatic N) is 1. The van der Waals surface area contributed by atoms with Crippen LogP contribution in [0.4, 0.5) is 10.1 Å². The van der Waals surface area contributed by atoms with Crippen LogP contribution in [0.2, 0.25) is 10.2 Å². The summed E-state index contributed by atoms with van der Waals surface area (Å²) in [5.41, 5.74) is 5.26. The summed E-state index contributed by atoms with van der Waals surface area (Å²) in [6.45, 7) is 4.38. The van der Waals surface area contributed by atoms with Crippen LogP contribution >= 0.6 is 23.2 Å². The molecule has 2 spiro atoms. The van der Waals surface area contributed by atoms with E-state index < -0.39 is 34.6 Å². The standard InChI is InChI=1S/C24H25Cl2FN4O2/c1-22(2)6-8-23(9-7-22)24(14-4-3-12(25)11-15(14)30-21(24)33)16(18(31-23)20(28)32)13-5-10-29-19(26)17(13)27/h3-5,10-11,16,18,31H,6-9H2,1-2H3,(H2,28,32)(H,30,33)/t16-,18+,24+/m0/s1. The summed E-state index contributed by atoms with van der Waals surface area (Å²) in [4.78, 5) is 30.6. The lowest BCUT2D eigenvalue weighted by Crippen LogP contribution is -2.61. The first-order valence-corrected chi connectivity index (χ1v) is 11.8. The Hall–Kier alpha value is -2.22. The topological polar surface area (TPSA) is 97.1 Å². The Morgan fingerprint density at radius 2 is 1.88 bits per heavy atom. The monoisotopic (exact) mass is 490 g/mol. The Morgan fingerprint density at radius 3 is 2.55 bits per heavy atom. The minimum absolute atomic E-state index is 0.0809. The number of halogens is 3. The summed E-state index contributed by atoms with van der Waals surface area (Å²) >= 11 is 12.3. The van der Waals surface area contributed by atoms with Gasteiger partial charge in [-0.15, -0.1) is 0 Å². The second-order valence-electron chi connectivity index (χ2n) is 10.2. The predicted octanol–water partition coefficient (Wildman–Crippen LogP) is 4.30. The molecule has 2 aliphatic heterocycles. The molecule has 1 saturated heterocycles. The van der Waals surface area contributed by atoms with Gasteiger partial charge in [0.05, 0.1) is 6.04 Å². The van der Waals surface area contributed by atoms with Crippen LogP contribution in [-0.4, -0.2) is 28.4 Å². The molecule has 4 N–H and O–H groups in total. The first-order chi connectivity index (χ1) is 15.5. The van der Waals surface area contributed by atoms with E-state index in [0.717, 1.165) is 12.8 Å². The molecule has 2 aromatic rings. The summed E-state index contributed by atoms with van der Waals surface area (Å²) in [7, 11) is 0. The molecule has 6 nitrogen and oxygen atoms in total. The maximum Gasteiger partial charge on any atom is 0.237 e. The van der Waals surface area contributed by atoms with Gasteiger partial charge in [-0.1, -0.05) is 43.1 Å². The third-order valence-corrected chi connectivity index (χ3v) is 8.47. The van der Waals surface area contributed by atoms with E-state index in [1.807, 2.05) is 0 Å². The molecule has 0 radical (unpaired) electrons. The fourth-order valence-electron chi connectivity index (χ4n) is 6.35. The van der Waals surface area contributed by atoms with Gasteiger partial charge >= 0.3 is 0 Å². The second-order valence-corrected chi connectivity index (χ2v) is 11.0. The van der Waals surface area contributed by atoms with Gasteiger partial charge in [0.25, 0.3) is 0 Å². The molecule has 0 bridgehead atoms. The second kappa shape index (κ2) is 7.39. The number of carbonyl (C=O) groups excluding carboxylic acids is 2. The lowest BCUT2D eigenvalue weighted by Gasteiger charge is -2.50. The first kappa shape index (κ1) is 22.6. The number of primary amides is 1. The smallest absolute Gasteiger partial charge is 0.237 e. The van der Waals surface area contributed by atoms with Crippen LogP contribution < -0.4 is 16.4 Å². The highest BCUT2D eigenvalue weighted by Gasteiger charge is 2.72. The van der Waals surface area contributed by atoms with E-state index in [0.29, 0.717) is 29.1 Å². The molecule has 3 aliphatic rings. The molecule has 33 heavy (non-hydrogen) atoms. The molecule has 174 valence electrons. The van der Waals surface area contributed by atoms with Crippen molar-refractivity contribution in [2.75, 3.05) is 5.32 Å². The summed E-state index contributed by atoms with van der Waals surface area (Å²) in [6.07, 6.45) is 4.29. The number of hydrogen-bond donors (Lipinski definition) is 3. The number of hydrogen-bond acceptors (Lipinski definition) is 4. The van der Waals surface area contributed by atoms with Crippen molar-refractivity contribution in [3.05, 3.63) is 57.6 Å². The average molecular weight is 491 g/mol. The van der Waals surface area contributed by atoms with Crippen molar-refractivity contribution in [3.63, 3.8) is 0 Å². The quantitative estimate of drug-likeness (QED) is 0.546. The zero-order chi connectivity index (χ0) is 23.8. The lowest BCUT2D eigenvalue weighted by molar-refractivity contribution is -0.124. The van der Waals surface area contributed by atoms with Gasteiger partial charge in [-0.2, -0.15) is 0 Å². The molecule has 2 fully saturated rings. The number of carbonyl (C=O) groups is 2. The zero-order valence-corrected chi connectivity index (χ0v) is 19.9. The van der Waals surface area contributed by atoms with Crippen molar-refractivity contribution in [1.82, 2.24) is 10.3 Å². The van der Waals surface area contributed by atoms with E-state index in [9.17, 15) is 9.59 Å². The molecule has 5 rings (SSSR count). The predicted molar refractivity (Wildman–Crippen MR) is 125 cm³/mol. The molecular weight excluding hydrogens is 466 g/mol. The first-order valence-electron chi connectivity index (χ1n) is 11.0. The maximum atomic E-state index is 15.4. The van der Waals surface area contributed by atoms with Crippen LogP contribution in [0, 0.1) is 11.2 Å². The molecular formula is C24H25Cl2FN4O2. The largest absolute Gasteiger partial charge is 0.368 e. The molecule has 1 aliphatic carbocycles. The molecule has 1 saturated carbocycles. The van der Waals surface area contributed by atoms with Crippen molar-refractivity contribution in [1.29, 1.82) is 0 Å². The number of pyridine rings is 1. The molecule has 2 amide bonds. The summed E-state index contributed by atoms with van der Waals surface area (Å²) in [5.74, 6) is -2.61. The van der Waals surface area contributed by atoms with Gasteiger partial charge in [-0.25, -0.2) is 9.37 Å². The van der Waals surface area contributed by atoms with Crippen LogP contribution in [0.15, 0.2) is 30.5 Å². The molecule has 9 heteroatoms. The summed E-state index contributed by atoms with van der Waals surface area (Å²) in [6, 6.07) is 5.71. The minimum Gasteiger partial charge on any atom is -0.368 e. The Balaban J connectivity index is 1.83. The van der Waals surface area contributed by atoms with Crippen molar-refractivity contribution in [2.45, 2.75) is 62.4 Å². The number of rotatable bonds is 2. The number of amides is 2. The minimum atomic E-state index is -1.28. The maximum absolute atomic E-state index is 15.4. The van der Waals surface area contributed by atoms with Gasteiger partial charge < -0.3 is 11.1 Å². The van der Waals surface area contributed by atoms with Crippen LogP contribution in [0.25, 0.3) is 0 Å². The molecule has 3 heterocycles. The van der Waals surface area contributed by atoms with Crippen molar-refractivity contribution >= 4 is 40.7 Å². The number of benzene rings is 1. The molecule has 0 unspecified atom stereocenters. The highest BCUT2D eigenvalue weighted by atomic mass is 35.5. The highest BCUT2D eigenvalue weighted by Crippen LogP contribution is 2.63. The number of anilines is 1. The summed E-state index contributed by atoms with van der Waals surface area (Å²) in [5, 5.41) is 6.58. The Labute approximate surface area is 201 Å². The third-order valence-electron chi connectivity index (χ3n) is 7.97. The van der Waals surface area contributed by atoms with E-state index in [-0.39, 0.29) is 22.0 Å². The summed E-state index contributed by atoms with van der Waals surface area (Å²) < 4.78 is 15.4. The van der Waals surface area contributed by atoms with Crippen LogP contribution in [-0.2, 0) is 15.0 Å². The van der Waals surface area contributed by atoms with Gasteiger partial charge in [-0.05, 0) is 60.4 Å². The van der Waals surface area contributed by atoms with Crippen molar-refractivity contribution in [2.24, 2.45) is 11.1 Å². The van der Waals surface area contributed by atoms with Gasteiger partial charge in [0, 0.05) is 28.4 Å². The van der Waals surface area contributed by atoms with Gasteiger partial charge in [0.1, 0.15) is 5.41 Å². The highest BCUT2D eigenvalue weighted by molar-refractivity contribution is 6.31. The van der Waals surface area contributed by atoms with Crippen molar-refractivity contribution < 1.29 is 14.0 Å². The Bertz CT molecular complexity index is 1180. The number of aromatic nitrogens is 1. The normalized spacial score (nSPS) is 29.3. The van der Waals surface area contributed by atoms with Gasteiger partial charge in [-0.3, -0.25) is 14.9 Å². The van der Waals surface area contributed by atoms with Gasteiger partial charge in [0.2, 0.25) is 11.8 Å². The van der Waals surface area contributed by atoms with Crippen LogP contribution in [0.3, 0.4) is 0 Å². The molecule has 3 atom stereocenters. The fraction of sp³-hybridized carbons (Fsp3) is 0.458. The molecule has 1 aromatic heterocycles. The van der Waals surface area contributed by atoms with Gasteiger partial charge in [0.15, 0.2) is 11.0 Å². The van der Waals surface area contributed by atoms with E-state index >= 15 is 4.39 Å².